The largest absolute Gasteiger partial charge is 0.478 e. The van der Waals surface area contributed by atoms with E-state index in [9.17, 15) is 32.7 Å². The molecule has 0 radical (unpaired) electrons. The standard InChI is InChI=1S/C37H46N4O10S/c1-25(2)22-41(23-33(42)32(21-26-7-4-3-5-8-26)40-37(47)51-30-19-20-50-24-30)52(48,49)31-17-15-29(16-18-31)39-35(44)10-6-9-34(43)38-28-13-11-27(12-14-28)36(45)46/h3-5,7-8,11-18,25,30,32-33,42H,6,9-10,19-24H2,1-2H3,(H,38,43)(H,39,44)(H,40,47)(H,45,46). The van der Waals surface area contributed by atoms with Crippen LogP contribution in [0.3, 0.4) is 0 Å². The van der Waals surface area contributed by atoms with E-state index in [2.05, 4.69) is 16.0 Å². The minimum atomic E-state index is -4.12. The van der Waals surface area contributed by atoms with Crippen molar-refractivity contribution in [2.75, 3.05) is 36.9 Å². The molecule has 0 bridgehead atoms. The number of aliphatic hydroxyl groups is 1. The molecule has 0 spiro atoms. The van der Waals surface area contributed by atoms with Crippen LogP contribution in [0.5, 0.6) is 0 Å². The summed E-state index contributed by atoms with van der Waals surface area (Å²) in [6, 6.07) is 19.7. The number of carbonyl (C=O) groups excluding carboxylic acids is 3. The Kier molecular flexibility index (Phi) is 14.7. The molecule has 280 valence electrons. The molecule has 5 N–H and O–H groups in total. The van der Waals surface area contributed by atoms with E-state index in [1.54, 1.807) is 0 Å². The fraction of sp³-hybridized carbons (Fsp3) is 0.405. The number of hydrogen-bond donors (Lipinski definition) is 5. The van der Waals surface area contributed by atoms with Crippen molar-refractivity contribution in [3.63, 3.8) is 0 Å². The molecule has 1 heterocycles. The highest BCUT2D eigenvalue weighted by Crippen LogP contribution is 2.22. The number of aromatic carboxylic acids is 1. The fourth-order valence-electron chi connectivity index (χ4n) is 5.52. The molecule has 52 heavy (non-hydrogen) atoms. The van der Waals surface area contributed by atoms with Gasteiger partial charge in [-0.15, -0.1) is 0 Å². The van der Waals surface area contributed by atoms with E-state index in [-0.39, 0.29) is 73.6 Å². The molecule has 1 aliphatic rings. The molecular formula is C37H46N4O10S. The predicted octanol–water partition coefficient (Wildman–Crippen LogP) is 4.27. The summed E-state index contributed by atoms with van der Waals surface area (Å²) in [5.41, 5.74) is 1.73. The molecule has 1 saturated heterocycles. The van der Waals surface area contributed by atoms with Crippen molar-refractivity contribution in [1.29, 1.82) is 0 Å². The topological polar surface area (TPSA) is 201 Å². The van der Waals surface area contributed by atoms with Gasteiger partial charge in [-0.3, -0.25) is 9.59 Å². The van der Waals surface area contributed by atoms with Crippen LogP contribution >= 0.6 is 0 Å². The van der Waals surface area contributed by atoms with Crippen LogP contribution in [0.15, 0.2) is 83.8 Å². The number of rotatable bonds is 18. The Hall–Kier alpha value is -4.83. The summed E-state index contributed by atoms with van der Waals surface area (Å²) in [5, 5.41) is 28.5. The third-order valence-corrected chi connectivity index (χ3v) is 10.0. The highest BCUT2D eigenvalue weighted by molar-refractivity contribution is 7.89. The van der Waals surface area contributed by atoms with Gasteiger partial charge in [-0.1, -0.05) is 44.2 Å². The number of nitrogens with zero attached hydrogens (tertiary/aromatic N) is 1. The molecule has 0 saturated carbocycles. The van der Waals surface area contributed by atoms with Crippen LogP contribution in [0.1, 0.15) is 55.5 Å². The van der Waals surface area contributed by atoms with Crippen molar-refractivity contribution >= 4 is 45.3 Å². The third-order valence-electron chi connectivity index (χ3n) is 8.19. The number of carboxylic acids is 1. The summed E-state index contributed by atoms with van der Waals surface area (Å²) in [7, 11) is -4.12. The van der Waals surface area contributed by atoms with Crippen LogP contribution in [0, 0.1) is 5.92 Å². The van der Waals surface area contributed by atoms with Crippen molar-refractivity contribution in [3.05, 3.63) is 90.0 Å². The molecule has 15 heteroatoms. The Morgan fingerprint density at radius 2 is 1.48 bits per heavy atom. The first-order chi connectivity index (χ1) is 24.8. The molecule has 0 aliphatic carbocycles. The van der Waals surface area contributed by atoms with Gasteiger partial charge in [0, 0.05) is 43.7 Å². The maximum atomic E-state index is 13.9. The Morgan fingerprint density at radius 3 is 2.02 bits per heavy atom. The first-order valence-corrected chi connectivity index (χ1v) is 18.5. The van der Waals surface area contributed by atoms with Gasteiger partial charge in [-0.2, -0.15) is 4.31 Å². The molecule has 0 aromatic heterocycles. The van der Waals surface area contributed by atoms with Gasteiger partial charge < -0.3 is 35.6 Å². The van der Waals surface area contributed by atoms with Crippen molar-refractivity contribution in [3.8, 4) is 0 Å². The van der Waals surface area contributed by atoms with Gasteiger partial charge in [-0.25, -0.2) is 18.0 Å². The zero-order valence-electron chi connectivity index (χ0n) is 29.2. The quantitative estimate of drug-likeness (QED) is 0.126. The van der Waals surface area contributed by atoms with Crippen LogP contribution in [0.25, 0.3) is 0 Å². The van der Waals surface area contributed by atoms with Gasteiger partial charge in [0.15, 0.2) is 0 Å². The van der Waals surface area contributed by atoms with Crippen molar-refractivity contribution in [2.45, 2.75) is 69.1 Å². The second kappa shape index (κ2) is 19.1. The Balaban J connectivity index is 1.35. The molecule has 3 aromatic rings. The van der Waals surface area contributed by atoms with E-state index in [1.165, 1.54) is 52.8 Å². The normalized spacial score (nSPS) is 15.5. The zero-order chi connectivity index (χ0) is 37.7. The fourth-order valence-corrected chi connectivity index (χ4v) is 7.14. The Labute approximate surface area is 303 Å². The van der Waals surface area contributed by atoms with Crippen LogP contribution in [0.2, 0.25) is 0 Å². The average Bonchev–Trinajstić information content (AvgIpc) is 3.61. The smallest absolute Gasteiger partial charge is 0.407 e. The number of hydrogen-bond acceptors (Lipinski definition) is 9. The number of carbonyl (C=O) groups is 4. The molecule has 14 nitrogen and oxygen atoms in total. The Bertz CT molecular complexity index is 1750. The minimum absolute atomic E-state index is 0.0334. The van der Waals surface area contributed by atoms with E-state index in [4.69, 9.17) is 14.6 Å². The molecule has 1 fully saturated rings. The second-order valence-electron chi connectivity index (χ2n) is 13.0. The molecule has 1 aliphatic heterocycles. The van der Waals surface area contributed by atoms with Gasteiger partial charge in [0.2, 0.25) is 21.8 Å². The monoisotopic (exact) mass is 738 g/mol. The number of amides is 3. The van der Waals surface area contributed by atoms with Crippen molar-refractivity contribution in [2.24, 2.45) is 5.92 Å². The lowest BCUT2D eigenvalue weighted by atomic mass is 10.0. The van der Waals surface area contributed by atoms with E-state index in [0.717, 1.165) is 5.56 Å². The maximum absolute atomic E-state index is 13.9. The van der Waals surface area contributed by atoms with Crippen LogP contribution in [-0.4, -0.2) is 91.4 Å². The van der Waals surface area contributed by atoms with Gasteiger partial charge in [0.25, 0.3) is 0 Å². The van der Waals surface area contributed by atoms with Crippen molar-refractivity contribution < 1.29 is 47.3 Å². The van der Waals surface area contributed by atoms with Crippen LogP contribution in [0.4, 0.5) is 16.2 Å². The van der Waals surface area contributed by atoms with Crippen molar-refractivity contribution in [1.82, 2.24) is 9.62 Å². The summed E-state index contributed by atoms with van der Waals surface area (Å²) >= 11 is 0. The third kappa shape index (κ3) is 12.4. The van der Waals surface area contributed by atoms with Gasteiger partial charge in [0.1, 0.15) is 6.10 Å². The molecule has 3 unspecified atom stereocenters. The maximum Gasteiger partial charge on any atom is 0.407 e. The number of carboxylic acid groups (broad SMARTS) is 1. The van der Waals surface area contributed by atoms with E-state index < -0.39 is 40.3 Å². The number of nitrogens with one attached hydrogen (secondary N) is 3. The first kappa shape index (κ1) is 39.9. The number of benzene rings is 3. The second-order valence-corrected chi connectivity index (χ2v) is 14.9. The highest BCUT2D eigenvalue weighted by Gasteiger charge is 2.32. The zero-order valence-corrected chi connectivity index (χ0v) is 30.0. The Morgan fingerprint density at radius 1 is 0.885 bits per heavy atom. The lowest BCUT2D eigenvalue weighted by Crippen LogP contribution is -2.51. The van der Waals surface area contributed by atoms with Gasteiger partial charge in [-0.05, 0) is 72.9 Å². The van der Waals surface area contributed by atoms with E-state index in [1.807, 2.05) is 44.2 Å². The van der Waals surface area contributed by atoms with Gasteiger partial charge in [0.05, 0.1) is 35.8 Å². The van der Waals surface area contributed by atoms with E-state index >= 15 is 0 Å². The molecule has 4 rings (SSSR count). The predicted molar refractivity (Wildman–Crippen MR) is 193 cm³/mol. The minimum Gasteiger partial charge on any atom is -0.478 e. The van der Waals surface area contributed by atoms with Crippen LogP contribution < -0.4 is 16.0 Å². The highest BCUT2D eigenvalue weighted by atomic mass is 32.2. The number of sulfonamides is 1. The lowest BCUT2D eigenvalue weighted by molar-refractivity contribution is -0.117. The summed E-state index contributed by atoms with van der Waals surface area (Å²) < 4.78 is 39.7. The summed E-state index contributed by atoms with van der Waals surface area (Å²) in [5.74, 6) is -1.86. The van der Waals surface area contributed by atoms with Gasteiger partial charge >= 0.3 is 12.1 Å². The lowest BCUT2D eigenvalue weighted by Gasteiger charge is -2.30. The average molecular weight is 739 g/mol. The molecule has 3 amide bonds. The SMILES string of the molecule is CC(C)CN(CC(O)C(Cc1ccccc1)NC(=O)OC1CCOC1)S(=O)(=O)c1ccc(NC(=O)CCCC(=O)Nc2ccc(C(=O)O)cc2)cc1. The molecule has 3 aromatic carbocycles. The summed E-state index contributed by atoms with van der Waals surface area (Å²) in [6.45, 7) is 4.29. The number of alkyl carbamates (subject to hydrolysis) is 1. The molecule has 3 atom stereocenters. The summed E-state index contributed by atoms with van der Waals surface area (Å²) in [4.78, 5) is 48.5. The number of aliphatic hydroxyl groups excluding tert-OH is 1. The summed E-state index contributed by atoms with van der Waals surface area (Å²) in [6.07, 6.45) is -1.28. The number of ether oxygens (including phenoxy) is 2. The molecular weight excluding hydrogens is 692 g/mol. The van der Waals surface area contributed by atoms with E-state index in [0.29, 0.717) is 24.4 Å². The number of anilines is 2. The van der Waals surface area contributed by atoms with Crippen LogP contribution in [-0.2, 0) is 35.5 Å². The first-order valence-electron chi connectivity index (χ1n) is 17.1.